The number of hydrogen-bond donors (Lipinski definition) is 2. The van der Waals surface area contributed by atoms with Crippen molar-refractivity contribution in [3.05, 3.63) is 28.0 Å². The molecule has 0 bridgehead atoms. The lowest BCUT2D eigenvalue weighted by Crippen LogP contribution is -2.07. The summed E-state index contributed by atoms with van der Waals surface area (Å²) in [7, 11) is 0. The van der Waals surface area contributed by atoms with Crippen molar-refractivity contribution in [3.63, 3.8) is 0 Å². The summed E-state index contributed by atoms with van der Waals surface area (Å²) < 4.78 is 0.373. The Bertz CT molecular complexity index is 345. The van der Waals surface area contributed by atoms with E-state index in [1.165, 1.54) is 12.1 Å². The summed E-state index contributed by atoms with van der Waals surface area (Å²) in [6.07, 6.45) is 0. The molecule has 0 saturated heterocycles. The Hall–Kier alpha value is -1.43. The third kappa shape index (κ3) is 2.25. The van der Waals surface area contributed by atoms with Gasteiger partial charge < -0.3 is 10.2 Å². The number of nitrogens with zero attached hydrogens (tertiary/aromatic N) is 1. The maximum absolute atomic E-state index is 10.5. The maximum Gasteiger partial charge on any atom is 0.354 e. The number of hydrogen-bond acceptors (Lipinski definition) is 3. The second-order valence-corrected chi connectivity index (χ2v) is 3.08. The van der Waals surface area contributed by atoms with Gasteiger partial charge >= 0.3 is 11.9 Å². The summed E-state index contributed by atoms with van der Waals surface area (Å²) in [6, 6.07) is 2.46. The molecule has 0 unspecified atom stereocenters. The van der Waals surface area contributed by atoms with E-state index in [9.17, 15) is 9.59 Å². The molecule has 1 aromatic heterocycles. The van der Waals surface area contributed by atoms with E-state index < -0.39 is 11.9 Å². The molecular weight excluding hydrogens is 242 g/mol. The molecule has 5 nitrogen and oxygen atoms in total. The molecule has 13 heavy (non-hydrogen) atoms. The summed E-state index contributed by atoms with van der Waals surface area (Å²) in [4.78, 5) is 24.3. The fourth-order valence-electron chi connectivity index (χ4n) is 0.716. The van der Waals surface area contributed by atoms with Gasteiger partial charge in [0.05, 0.1) is 0 Å². The third-order valence-corrected chi connectivity index (χ3v) is 1.69. The summed E-state index contributed by atoms with van der Waals surface area (Å²) >= 11 is 2.98. The first kappa shape index (κ1) is 9.66. The van der Waals surface area contributed by atoms with Crippen molar-refractivity contribution in [2.45, 2.75) is 0 Å². The van der Waals surface area contributed by atoms with E-state index in [1.807, 2.05) is 0 Å². The standard InChI is InChI=1S/C7H4BrNO4/c8-3-1-4(6(10)11)9-5(2-3)7(12)13/h1-2H,(H,10,11)(H,12,13). The number of carbonyl (C=O) groups is 2. The maximum atomic E-state index is 10.5. The minimum absolute atomic E-state index is 0.299. The molecule has 1 heterocycles. The van der Waals surface area contributed by atoms with Crippen molar-refractivity contribution in [1.29, 1.82) is 0 Å². The highest BCUT2D eigenvalue weighted by molar-refractivity contribution is 9.10. The van der Waals surface area contributed by atoms with E-state index in [0.29, 0.717) is 4.47 Å². The number of halogens is 1. The van der Waals surface area contributed by atoms with Crippen LogP contribution in [0.3, 0.4) is 0 Å². The van der Waals surface area contributed by atoms with E-state index in [1.54, 1.807) is 0 Å². The largest absolute Gasteiger partial charge is 0.477 e. The zero-order chi connectivity index (χ0) is 10.0. The highest BCUT2D eigenvalue weighted by Crippen LogP contribution is 2.12. The monoisotopic (exact) mass is 245 g/mol. The first-order valence-electron chi connectivity index (χ1n) is 3.15. The molecule has 0 spiro atoms. The fourth-order valence-corrected chi connectivity index (χ4v) is 1.15. The van der Waals surface area contributed by atoms with Crippen LogP contribution >= 0.6 is 15.9 Å². The second-order valence-electron chi connectivity index (χ2n) is 2.17. The topological polar surface area (TPSA) is 87.5 Å². The lowest BCUT2D eigenvalue weighted by atomic mass is 10.3. The highest BCUT2D eigenvalue weighted by Gasteiger charge is 2.11. The molecule has 0 amide bonds. The quantitative estimate of drug-likeness (QED) is 0.819. The number of aromatic nitrogens is 1. The zero-order valence-corrected chi connectivity index (χ0v) is 7.78. The first-order chi connectivity index (χ1) is 6.00. The van der Waals surface area contributed by atoms with Crippen molar-refractivity contribution >= 4 is 27.9 Å². The minimum atomic E-state index is -1.26. The summed E-state index contributed by atoms with van der Waals surface area (Å²) in [5, 5.41) is 17.1. The Balaban J connectivity index is 3.26. The Morgan fingerprint density at radius 3 is 1.85 bits per heavy atom. The van der Waals surface area contributed by atoms with Crippen LogP contribution in [-0.2, 0) is 0 Å². The Kier molecular flexibility index (Phi) is 2.62. The van der Waals surface area contributed by atoms with Crippen LogP contribution < -0.4 is 0 Å². The number of carboxylic acid groups (broad SMARTS) is 2. The lowest BCUT2D eigenvalue weighted by Gasteiger charge is -1.97. The molecule has 1 rings (SSSR count). The van der Waals surface area contributed by atoms with Crippen LogP contribution in [0.15, 0.2) is 16.6 Å². The van der Waals surface area contributed by atoms with Crippen LogP contribution in [0, 0.1) is 0 Å². The predicted octanol–water partition coefficient (Wildman–Crippen LogP) is 1.24. The first-order valence-corrected chi connectivity index (χ1v) is 3.94. The molecular formula is C7H4BrNO4. The molecule has 0 aliphatic carbocycles. The second kappa shape index (κ2) is 3.53. The molecule has 0 aliphatic rings. The molecule has 0 fully saturated rings. The molecule has 2 N–H and O–H groups in total. The number of carboxylic acids is 2. The Morgan fingerprint density at radius 2 is 1.54 bits per heavy atom. The predicted molar refractivity (Wildman–Crippen MR) is 45.9 cm³/mol. The van der Waals surface area contributed by atoms with Gasteiger partial charge in [-0.3, -0.25) is 0 Å². The average molecular weight is 246 g/mol. The van der Waals surface area contributed by atoms with Gasteiger partial charge in [0.25, 0.3) is 0 Å². The van der Waals surface area contributed by atoms with Crippen LogP contribution in [0.2, 0.25) is 0 Å². The van der Waals surface area contributed by atoms with Crippen molar-refractivity contribution < 1.29 is 19.8 Å². The zero-order valence-electron chi connectivity index (χ0n) is 6.19. The van der Waals surface area contributed by atoms with Gasteiger partial charge in [-0.05, 0) is 12.1 Å². The van der Waals surface area contributed by atoms with E-state index in [0.717, 1.165) is 0 Å². The lowest BCUT2D eigenvalue weighted by molar-refractivity contribution is 0.0685. The highest BCUT2D eigenvalue weighted by atomic mass is 79.9. The van der Waals surface area contributed by atoms with Gasteiger partial charge in [0.15, 0.2) is 0 Å². The molecule has 0 aliphatic heterocycles. The molecule has 1 aromatic rings. The molecule has 6 heteroatoms. The van der Waals surface area contributed by atoms with Crippen LogP contribution in [-0.4, -0.2) is 27.1 Å². The number of aromatic carboxylic acids is 2. The summed E-state index contributed by atoms with van der Waals surface area (Å²) in [5.41, 5.74) is -0.599. The Labute approximate surface area is 81.2 Å². The van der Waals surface area contributed by atoms with Crippen LogP contribution in [0.25, 0.3) is 0 Å². The van der Waals surface area contributed by atoms with Gasteiger partial charge in [0.1, 0.15) is 11.4 Å². The number of pyridine rings is 1. The summed E-state index contributed by atoms with van der Waals surface area (Å²) in [6.45, 7) is 0. The average Bonchev–Trinajstić information content (AvgIpc) is 2.03. The number of rotatable bonds is 2. The molecule has 0 atom stereocenters. The van der Waals surface area contributed by atoms with E-state index in [-0.39, 0.29) is 11.4 Å². The van der Waals surface area contributed by atoms with E-state index in [2.05, 4.69) is 20.9 Å². The molecule has 0 saturated carbocycles. The van der Waals surface area contributed by atoms with Crippen molar-refractivity contribution in [1.82, 2.24) is 4.98 Å². The molecule has 0 radical (unpaired) electrons. The van der Waals surface area contributed by atoms with Crippen molar-refractivity contribution in [2.75, 3.05) is 0 Å². The minimum Gasteiger partial charge on any atom is -0.477 e. The Morgan fingerprint density at radius 1 is 1.15 bits per heavy atom. The van der Waals surface area contributed by atoms with Crippen LogP contribution in [0.5, 0.6) is 0 Å². The van der Waals surface area contributed by atoms with Gasteiger partial charge in [-0.2, -0.15) is 0 Å². The molecule has 0 aromatic carbocycles. The third-order valence-electron chi connectivity index (χ3n) is 1.23. The van der Waals surface area contributed by atoms with Gasteiger partial charge in [-0.15, -0.1) is 0 Å². The van der Waals surface area contributed by atoms with Crippen LogP contribution in [0.1, 0.15) is 21.0 Å². The van der Waals surface area contributed by atoms with E-state index >= 15 is 0 Å². The normalized spacial score (nSPS) is 9.62. The van der Waals surface area contributed by atoms with Gasteiger partial charge in [-0.25, -0.2) is 14.6 Å². The van der Waals surface area contributed by atoms with Crippen molar-refractivity contribution in [2.24, 2.45) is 0 Å². The van der Waals surface area contributed by atoms with Crippen LogP contribution in [0.4, 0.5) is 0 Å². The smallest absolute Gasteiger partial charge is 0.354 e. The van der Waals surface area contributed by atoms with E-state index in [4.69, 9.17) is 10.2 Å². The summed E-state index contributed by atoms with van der Waals surface area (Å²) in [5.74, 6) is -2.52. The fraction of sp³-hybridized carbons (Fsp3) is 0. The van der Waals surface area contributed by atoms with Crippen molar-refractivity contribution in [3.8, 4) is 0 Å². The van der Waals surface area contributed by atoms with Gasteiger partial charge in [-0.1, -0.05) is 15.9 Å². The van der Waals surface area contributed by atoms with Gasteiger partial charge in [0, 0.05) is 4.47 Å². The SMILES string of the molecule is O=C(O)c1cc(Br)cc(C(=O)O)n1. The van der Waals surface area contributed by atoms with Gasteiger partial charge in [0.2, 0.25) is 0 Å². The molecule has 68 valence electrons.